The average Bonchev–Trinajstić information content (AvgIpc) is 2.29. The lowest BCUT2D eigenvalue weighted by atomic mass is 10.2. The van der Waals surface area contributed by atoms with Crippen LogP contribution in [0.2, 0.25) is 0 Å². The molecule has 3 heteroatoms. The average molecular weight is 209 g/mol. The second kappa shape index (κ2) is 6.56. The van der Waals surface area contributed by atoms with Gasteiger partial charge < -0.3 is 10.2 Å². The van der Waals surface area contributed by atoms with E-state index in [2.05, 4.69) is 17.0 Å². The maximum atomic E-state index is 9.35. The number of likely N-dealkylation sites (N-methyl/N-ethyl adjacent to an activating group) is 1. The molecule has 1 rings (SSSR count). The van der Waals surface area contributed by atoms with Crippen molar-refractivity contribution < 1.29 is 10.2 Å². The van der Waals surface area contributed by atoms with E-state index in [0.717, 1.165) is 13.1 Å². The summed E-state index contributed by atoms with van der Waals surface area (Å²) in [6, 6.07) is 10.1. The summed E-state index contributed by atoms with van der Waals surface area (Å²) in [6.07, 6.45) is -0.645. The van der Waals surface area contributed by atoms with Gasteiger partial charge in [-0.05, 0) is 12.1 Å². The van der Waals surface area contributed by atoms with Crippen molar-refractivity contribution in [3.8, 4) is 0 Å². The molecule has 3 nitrogen and oxygen atoms in total. The molecule has 0 radical (unpaired) electrons. The molecule has 2 N–H and O–H groups in total. The maximum absolute atomic E-state index is 9.35. The normalized spacial score (nSPS) is 13.1. The van der Waals surface area contributed by atoms with Gasteiger partial charge in [0.05, 0.1) is 12.7 Å². The van der Waals surface area contributed by atoms with Gasteiger partial charge in [0.1, 0.15) is 0 Å². The van der Waals surface area contributed by atoms with Crippen LogP contribution in [0, 0.1) is 0 Å². The lowest BCUT2D eigenvalue weighted by Gasteiger charge is -2.22. The molecule has 0 saturated carbocycles. The molecule has 0 aliphatic rings. The molecule has 0 saturated heterocycles. The molecule has 84 valence electrons. The fourth-order valence-corrected chi connectivity index (χ4v) is 1.50. The third kappa shape index (κ3) is 4.42. The summed E-state index contributed by atoms with van der Waals surface area (Å²) in [5.74, 6) is 0. The second-order valence-corrected chi connectivity index (χ2v) is 3.65. The van der Waals surface area contributed by atoms with E-state index >= 15 is 0 Å². The number of hydrogen-bond acceptors (Lipinski definition) is 3. The Kier molecular flexibility index (Phi) is 5.32. The zero-order valence-corrected chi connectivity index (χ0v) is 9.13. The molecule has 1 atom stereocenters. The minimum Gasteiger partial charge on any atom is -0.394 e. The largest absolute Gasteiger partial charge is 0.394 e. The molecule has 0 aliphatic carbocycles. The van der Waals surface area contributed by atoms with Gasteiger partial charge in [-0.25, -0.2) is 0 Å². The Morgan fingerprint density at radius 2 is 1.93 bits per heavy atom. The number of aliphatic hydroxyl groups is 2. The predicted molar refractivity (Wildman–Crippen MR) is 60.5 cm³/mol. The van der Waals surface area contributed by atoms with Gasteiger partial charge in [-0.3, -0.25) is 4.90 Å². The van der Waals surface area contributed by atoms with Crippen LogP contribution >= 0.6 is 0 Å². The zero-order valence-electron chi connectivity index (χ0n) is 9.13. The molecular formula is C12H19NO2. The van der Waals surface area contributed by atoms with Crippen molar-refractivity contribution in [1.82, 2.24) is 4.90 Å². The molecule has 0 amide bonds. The van der Waals surface area contributed by atoms with E-state index in [0.29, 0.717) is 6.54 Å². The predicted octanol–water partition coefficient (Wildman–Crippen LogP) is 0.862. The topological polar surface area (TPSA) is 43.7 Å². The number of nitrogens with zero attached hydrogens (tertiary/aromatic N) is 1. The summed E-state index contributed by atoms with van der Waals surface area (Å²) in [7, 11) is 0. The maximum Gasteiger partial charge on any atom is 0.0897 e. The van der Waals surface area contributed by atoms with Crippen molar-refractivity contribution >= 4 is 0 Å². The van der Waals surface area contributed by atoms with Crippen molar-refractivity contribution in [2.24, 2.45) is 0 Å². The minimum absolute atomic E-state index is 0.175. The first-order valence-corrected chi connectivity index (χ1v) is 5.31. The highest BCUT2D eigenvalue weighted by Gasteiger charge is 2.09. The zero-order chi connectivity index (χ0) is 11.1. The molecule has 1 aromatic carbocycles. The van der Waals surface area contributed by atoms with Crippen LogP contribution < -0.4 is 0 Å². The van der Waals surface area contributed by atoms with E-state index in [1.54, 1.807) is 0 Å². The van der Waals surface area contributed by atoms with Gasteiger partial charge in [0.2, 0.25) is 0 Å². The second-order valence-electron chi connectivity index (χ2n) is 3.65. The van der Waals surface area contributed by atoms with Crippen molar-refractivity contribution in [1.29, 1.82) is 0 Å². The Morgan fingerprint density at radius 1 is 1.27 bits per heavy atom. The first-order chi connectivity index (χ1) is 7.26. The molecule has 15 heavy (non-hydrogen) atoms. The van der Waals surface area contributed by atoms with Gasteiger partial charge in [0.15, 0.2) is 0 Å². The van der Waals surface area contributed by atoms with Gasteiger partial charge in [-0.2, -0.15) is 0 Å². The SMILES string of the molecule is CCN(Cc1ccccc1)CC(O)CO. The van der Waals surface area contributed by atoms with Gasteiger partial charge in [-0.15, -0.1) is 0 Å². The summed E-state index contributed by atoms with van der Waals surface area (Å²) >= 11 is 0. The third-order valence-corrected chi connectivity index (χ3v) is 2.38. The van der Waals surface area contributed by atoms with E-state index in [9.17, 15) is 5.11 Å². The number of benzene rings is 1. The molecule has 0 heterocycles. The number of hydrogen-bond donors (Lipinski definition) is 2. The van der Waals surface area contributed by atoms with Crippen LogP contribution in [0.15, 0.2) is 30.3 Å². The lowest BCUT2D eigenvalue weighted by Crippen LogP contribution is -2.33. The van der Waals surface area contributed by atoms with Crippen LogP contribution in [-0.4, -0.2) is 40.9 Å². The first kappa shape index (κ1) is 12.2. The highest BCUT2D eigenvalue weighted by atomic mass is 16.3. The van der Waals surface area contributed by atoms with Gasteiger partial charge >= 0.3 is 0 Å². The van der Waals surface area contributed by atoms with Crippen LogP contribution in [0.25, 0.3) is 0 Å². The van der Waals surface area contributed by atoms with E-state index in [-0.39, 0.29) is 6.61 Å². The van der Waals surface area contributed by atoms with Gasteiger partial charge in [0.25, 0.3) is 0 Å². The van der Waals surface area contributed by atoms with Crippen LogP contribution in [0.5, 0.6) is 0 Å². The van der Waals surface area contributed by atoms with Crippen molar-refractivity contribution in [2.75, 3.05) is 19.7 Å². The Balaban J connectivity index is 2.47. The molecule has 0 aliphatic heterocycles. The third-order valence-electron chi connectivity index (χ3n) is 2.38. The summed E-state index contributed by atoms with van der Waals surface area (Å²) in [5.41, 5.74) is 1.23. The van der Waals surface area contributed by atoms with Crippen LogP contribution in [-0.2, 0) is 6.54 Å². The van der Waals surface area contributed by atoms with Gasteiger partial charge in [0, 0.05) is 13.1 Å². The van der Waals surface area contributed by atoms with E-state index < -0.39 is 6.10 Å². The molecule has 0 fully saturated rings. The van der Waals surface area contributed by atoms with Gasteiger partial charge in [-0.1, -0.05) is 37.3 Å². The Labute approximate surface area is 91.0 Å². The quantitative estimate of drug-likeness (QED) is 0.730. The molecule has 0 bridgehead atoms. The highest BCUT2D eigenvalue weighted by molar-refractivity contribution is 5.14. The summed E-state index contributed by atoms with van der Waals surface area (Å²) in [4.78, 5) is 2.11. The van der Waals surface area contributed by atoms with E-state index in [4.69, 9.17) is 5.11 Å². The molecule has 1 unspecified atom stereocenters. The minimum atomic E-state index is -0.645. The molecule has 0 aromatic heterocycles. The Bertz CT molecular complexity index is 264. The fraction of sp³-hybridized carbons (Fsp3) is 0.500. The number of rotatable bonds is 6. The van der Waals surface area contributed by atoms with Crippen LogP contribution in [0.4, 0.5) is 0 Å². The highest BCUT2D eigenvalue weighted by Crippen LogP contribution is 2.04. The van der Waals surface area contributed by atoms with Crippen molar-refractivity contribution in [3.05, 3.63) is 35.9 Å². The molecule has 0 spiro atoms. The van der Waals surface area contributed by atoms with Crippen molar-refractivity contribution in [3.63, 3.8) is 0 Å². The monoisotopic (exact) mass is 209 g/mol. The van der Waals surface area contributed by atoms with E-state index in [1.807, 2.05) is 25.1 Å². The number of aliphatic hydroxyl groups excluding tert-OH is 2. The van der Waals surface area contributed by atoms with Crippen molar-refractivity contribution in [2.45, 2.75) is 19.6 Å². The summed E-state index contributed by atoms with van der Waals surface area (Å²) < 4.78 is 0. The Morgan fingerprint density at radius 3 is 2.47 bits per heavy atom. The Hall–Kier alpha value is -0.900. The summed E-state index contributed by atoms with van der Waals surface area (Å²) in [6.45, 7) is 4.07. The fourth-order valence-electron chi connectivity index (χ4n) is 1.50. The van der Waals surface area contributed by atoms with Crippen LogP contribution in [0.1, 0.15) is 12.5 Å². The van der Waals surface area contributed by atoms with Crippen LogP contribution in [0.3, 0.4) is 0 Å². The standard InChI is InChI=1S/C12H19NO2/c1-2-13(9-12(15)10-14)8-11-6-4-3-5-7-11/h3-7,12,14-15H,2,8-10H2,1H3. The lowest BCUT2D eigenvalue weighted by molar-refractivity contribution is 0.0584. The molecule has 1 aromatic rings. The molecular weight excluding hydrogens is 190 g/mol. The van der Waals surface area contributed by atoms with E-state index in [1.165, 1.54) is 5.56 Å². The summed E-state index contributed by atoms with van der Waals surface area (Å²) in [5, 5.41) is 18.1. The smallest absolute Gasteiger partial charge is 0.0897 e. The first-order valence-electron chi connectivity index (χ1n) is 5.31.